The average molecular weight is 633 g/mol. The lowest BCUT2D eigenvalue weighted by Gasteiger charge is -2.19. The second-order valence-corrected chi connectivity index (χ2v) is 12.5. The number of nitrogens with one attached hydrogen (secondary N) is 1. The number of nitrogens with zero attached hydrogens (tertiary/aromatic N) is 3. The lowest BCUT2D eigenvalue weighted by atomic mass is 10.0. The summed E-state index contributed by atoms with van der Waals surface area (Å²) >= 11 is 0. The summed E-state index contributed by atoms with van der Waals surface area (Å²) in [6, 6.07) is 8.65. The summed E-state index contributed by atoms with van der Waals surface area (Å²) in [7, 11) is -0.354. The molecule has 0 unspecified atom stereocenters. The number of hydrogen-bond donors (Lipinski definition) is 1. The van der Waals surface area contributed by atoms with Gasteiger partial charge in [-0.15, -0.1) is 0 Å². The van der Waals surface area contributed by atoms with Crippen LogP contribution in [0.3, 0.4) is 0 Å². The Kier molecular flexibility index (Phi) is 10.3. The average Bonchev–Trinajstić information content (AvgIpc) is 3.30. The van der Waals surface area contributed by atoms with Gasteiger partial charge in [0.15, 0.2) is 0 Å². The summed E-state index contributed by atoms with van der Waals surface area (Å²) in [6.07, 6.45) is 6.99. The van der Waals surface area contributed by atoms with E-state index in [1.807, 2.05) is 71.0 Å². The van der Waals surface area contributed by atoms with Gasteiger partial charge in [-0.1, -0.05) is 36.9 Å². The van der Waals surface area contributed by atoms with Crippen molar-refractivity contribution >= 4 is 45.9 Å². The molecule has 2 heterocycles. The van der Waals surface area contributed by atoms with Crippen LogP contribution in [-0.2, 0) is 33.5 Å². The molecule has 1 N–H and O–H groups in total. The predicted octanol–water partition coefficient (Wildman–Crippen LogP) is 3.37. The van der Waals surface area contributed by atoms with Gasteiger partial charge in [0.1, 0.15) is 11.5 Å². The number of aryl methyl sites for hydroxylation is 1. The minimum Gasteiger partial charge on any atom is -0.493 e. The molecular weight excluding hydrogens is 592 g/mol. The third-order valence-corrected chi connectivity index (χ3v) is 8.56. The number of rotatable bonds is 12. The van der Waals surface area contributed by atoms with Crippen molar-refractivity contribution in [2.45, 2.75) is 46.4 Å². The van der Waals surface area contributed by atoms with Gasteiger partial charge in [0.25, 0.3) is 5.91 Å². The number of carbonyl (C=O) groups is 2. The summed E-state index contributed by atoms with van der Waals surface area (Å²) in [5.74, 6) is -0.300. The molecule has 0 bridgehead atoms. The van der Waals surface area contributed by atoms with Gasteiger partial charge >= 0.3 is 0 Å². The van der Waals surface area contributed by atoms with Crippen LogP contribution >= 0.6 is 0 Å². The zero-order valence-electron chi connectivity index (χ0n) is 26.6. The summed E-state index contributed by atoms with van der Waals surface area (Å²) in [5.41, 5.74) is 4.14. The highest BCUT2D eigenvalue weighted by atomic mass is 32.2. The first-order chi connectivity index (χ1) is 21.4. The molecule has 0 saturated carbocycles. The minimum absolute atomic E-state index is 0.181. The van der Waals surface area contributed by atoms with Crippen LogP contribution < -0.4 is 34.4 Å². The first-order valence-electron chi connectivity index (χ1n) is 14.7. The minimum atomic E-state index is -4.00. The van der Waals surface area contributed by atoms with E-state index in [9.17, 15) is 18.0 Å². The number of aromatic nitrogens is 1. The van der Waals surface area contributed by atoms with Gasteiger partial charge in [0.05, 0.1) is 48.9 Å². The zero-order chi connectivity index (χ0) is 32.9. The van der Waals surface area contributed by atoms with Crippen molar-refractivity contribution in [1.82, 2.24) is 9.71 Å². The smallest absolute Gasteiger partial charge is 0.262 e. The number of amides is 2. The molecule has 0 spiro atoms. The Balaban J connectivity index is 1.60. The molecule has 0 saturated heterocycles. The van der Waals surface area contributed by atoms with E-state index in [1.54, 1.807) is 35.4 Å². The standard InChI is InChI=1S/C34H40N4O6S/c1-8-11-13-25-23(5)32(43-9-2)26-20-38(34(40)31(26)33(25)44-10-3)28-16-15-24(18-22(28)4)21-45(41,42)36-30(39)19-27-29(37(6)7)14-12-17-35-27/h8,11-18H,5,9-10,19-21H2,1-4,6-7H3,(H,36,39)/b11-8-,25-13+. The van der Waals surface area contributed by atoms with Crippen molar-refractivity contribution in [2.24, 2.45) is 0 Å². The lowest BCUT2D eigenvalue weighted by molar-refractivity contribution is -0.118. The molecule has 4 rings (SSSR count). The van der Waals surface area contributed by atoms with Gasteiger partial charge in [0, 0.05) is 42.0 Å². The normalized spacial score (nSPS) is 13.3. The predicted molar refractivity (Wildman–Crippen MR) is 178 cm³/mol. The van der Waals surface area contributed by atoms with E-state index in [1.165, 1.54) is 0 Å². The van der Waals surface area contributed by atoms with Gasteiger partial charge in [-0.2, -0.15) is 0 Å². The fraction of sp³-hybridized carbons (Fsp3) is 0.324. The van der Waals surface area contributed by atoms with Gasteiger partial charge < -0.3 is 19.3 Å². The molecule has 45 heavy (non-hydrogen) atoms. The Morgan fingerprint density at radius 3 is 2.51 bits per heavy atom. The number of hydrogen-bond acceptors (Lipinski definition) is 8. The largest absolute Gasteiger partial charge is 0.493 e. The number of allylic oxidation sites excluding steroid dienone is 2. The Labute approximate surface area is 264 Å². The van der Waals surface area contributed by atoms with Gasteiger partial charge in [-0.05, 0) is 57.0 Å². The highest BCUT2D eigenvalue weighted by Crippen LogP contribution is 2.37. The Hall–Kier alpha value is -4.64. The summed E-state index contributed by atoms with van der Waals surface area (Å²) in [6.45, 7) is 12.7. The first-order valence-corrected chi connectivity index (χ1v) is 16.4. The molecule has 11 heteroatoms. The molecule has 0 fully saturated rings. The van der Waals surface area contributed by atoms with Crippen molar-refractivity contribution in [3.8, 4) is 11.5 Å². The van der Waals surface area contributed by atoms with E-state index >= 15 is 0 Å². The maximum atomic E-state index is 14.0. The summed E-state index contributed by atoms with van der Waals surface area (Å²) < 4.78 is 40.1. The molecule has 0 atom stereocenters. The number of sulfonamides is 1. The van der Waals surface area contributed by atoms with Crippen molar-refractivity contribution in [1.29, 1.82) is 0 Å². The highest BCUT2D eigenvalue weighted by molar-refractivity contribution is 7.89. The molecule has 0 radical (unpaired) electrons. The molecular formula is C34H40N4O6S. The molecule has 1 aliphatic heterocycles. The van der Waals surface area contributed by atoms with Crippen molar-refractivity contribution in [3.05, 3.63) is 87.1 Å². The molecule has 1 aliphatic rings. The van der Waals surface area contributed by atoms with Crippen LogP contribution in [-0.4, -0.2) is 52.5 Å². The first kappa shape index (κ1) is 33.3. The fourth-order valence-electron chi connectivity index (χ4n) is 5.45. The second kappa shape index (κ2) is 14.0. The summed E-state index contributed by atoms with van der Waals surface area (Å²) in [4.78, 5) is 34.3. The Bertz CT molecular complexity index is 1870. The third-order valence-electron chi connectivity index (χ3n) is 7.31. The number of benzene rings is 2. The molecule has 2 aromatic carbocycles. The van der Waals surface area contributed by atoms with E-state index in [2.05, 4.69) is 16.3 Å². The number of ether oxygens (including phenoxy) is 2. The SMILES string of the molecule is C=c1c(OCC)c2c(c(OCC)/c1=C/C=C\C)C(=O)N(c1ccc(CS(=O)(=O)NC(=O)Cc3ncccc3N(C)C)cc1C)C2. The molecule has 2 amide bonds. The number of carbonyl (C=O) groups excluding carboxylic acids is 2. The maximum Gasteiger partial charge on any atom is 0.262 e. The lowest BCUT2D eigenvalue weighted by Crippen LogP contribution is -2.33. The number of pyridine rings is 1. The third kappa shape index (κ3) is 7.20. The molecule has 238 valence electrons. The Morgan fingerprint density at radius 1 is 1.16 bits per heavy atom. The zero-order valence-corrected chi connectivity index (χ0v) is 27.5. The van der Waals surface area contributed by atoms with Crippen LogP contribution in [0.5, 0.6) is 11.5 Å². The van der Waals surface area contributed by atoms with Crippen molar-refractivity contribution < 1.29 is 27.5 Å². The molecule has 3 aromatic rings. The van der Waals surface area contributed by atoms with Crippen LogP contribution in [0.1, 0.15) is 53.5 Å². The number of fused-ring (bicyclic) bond motifs is 1. The van der Waals surface area contributed by atoms with Crippen LogP contribution in [0, 0.1) is 6.92 Å². The van der Waals surface area contributed by atoms with Gasteiger partial charge in [-0.25, -0.2) is 8.42 Å². The maximum absolute atomic E-state index is 14.0. The molecule has 10 nitrogen and oxygen atoms in total. The topological polar surface area (TPSA) is 118 Å². The van der Waals surface area contributed by atoms with E-state index in [-0.39, 0.29) is 18.9 Å². The van der Waals surface area contributed by atoms with E-state index in [0.29, 0.717) is 68.8 Å². The molecule has 0 aliphatic carbocycles. The monoisotopic (exact) mass is 632 g/mol. The van der Waals surface area contributed by atoms with E-state index < -0.39 is 21.7 Å². The van der Waals surface area contributed by atoms with E-state index in [4.69, 9.17) is 9.47 Å². The quantitative estimate of drug-likeness (QED) is 0.323. The van der Waals surface area contributed by atoms with Gasteiger partial charge in [0.2, 0.25) is 15.9 Å². The number of anilines is 2. The van der Waals surface area contributed by atoms with Crippen molar-refractivity contribution in [3.63, 3.8) is 0 Å². The van der Waals surface area contributed by atoms with Crippen LogP contribution in [0.4, 0.5) is 11.4 Å². The van der Waals surface area contributed by atoms with Crippen molar-refractivity contribution in [2.75, 3.05) is 37.1 Å². The van der Waals surface area contributed by atoms with Crippen LogP contribution in [0.2, 0.25) is 0 Å². The molecule has 1 aromatic heterocycles. The van der Waals surface area contributed by atoms with Gasteiger partial charge in [-0.3, -0.25) is 19.3 Å². The fourth-order valence-corrected chi connectivity index (χ4v) is 6.55. The summed E-state index contributed by atoms with van der Waals surface area (Å²) in [5, 5.41) is 1.33. The highest BCUT2D eigenvalue weighted by Gasteiger charge is 2.36. The second-order valence-electron chi connectivity index (χ2n) is 10.8. The van der Waals surface area contributed by atoms with Crippen LogP contribution in [0.15, 0.2) is 48.7 Å². The van der Waals surface area contributed by atoms with E-state index in [0.717, 1.165) is 5.69 Å². The Morgan fingerprint density at radius 2 is 1.87 bits per heavy atom. The van der Waals surface area contributed by atoms with Crippen LogP contribution in [0.25, 0.3) is 12.7 Å².